The van der Waals surface area contributed by atoms with Gasteiger partial charge in [0, 0.05) is 55.0 Å². The first-order valence-corrected chi connectivity index (χ1v) is 13.8. The van der Waals surface area contributed by atoms with Crippen molar-refractivity contribution in [2.75, 3.05) is 25.0 Å². The van der Waals surface area contributed by atoms with Crippen LogP contribution in [0.4, 0.5) is 10.5 Å². The van der Waals surface area contributed by atoms with Crippen molar-refractivity contribution in [1.82, 2.24) is 4.98 Å². The highest BCUT2D eigenvalue weighted by atomic mass is 16.7. The van der Waals surface area contributed by atoms with Crippen molar-refractivity contribution < 1.29 is 23.9 Å². The Kier molecular flexibility index (Phi) is 7.21. The van der Waals surface area contributed by atoms with E-state index in [-0.39, 0.29) is 22.5 Å². The van der Waals surface area contributed by atoms with Crippen LogP contribution in [0.5, 0.6) is 5.75 Å². The number of pyridine rings is 1. The molecule has 0 bridgehead atoms. The number of aromatic nitrogens is 1. The van der Waals surface area contributed by atoms with Gasteiger partial charge in [0.1, 0.15) is 11.8 Å². The molecule has 3 aromatic rings. The number of fused-ring (bicyclic) bond motifs is 1. The number of hydrogen-bond donors (Lipinski definition) is 1. The number of hydrogen-bond acceptors (Lipinski definition) is 5. The van der Waals surface area contributed by atoms with Crippen LogP contribution in [0.1, 0.15) is 69.3 Å². The number of amides is 1. The van der Waals surface area contributed by atoms with Gasteiger partial charge in [0.05, 0.1) is 18.7 Å². The van der Waals surface area contributed by atoms with Gasteiger partial charge >= 0.3 is 12.1 Å². The third kappa shape index (κ3) is 5.03. The number of benzene rings is 2. The van der Waals surface area contributed by atoms with E-state index < -0.39 is 6.16 Å². The van der Waals surface area contributed by atoms with Gasteiger partial charge in [-0.05, 0) is 75.1 Å². The number of aryl methyl sites for hydroxylation is 5. The second-order valence-electron chi connectivity index (χ2n) is 11.3. The summed E-state index contributed by atoms with van der Waals surface area (Å²) in [6.07, 6.45) is 2.12. The average molecular weight is 529 g/mol. The van der Waals surface area contributed by atoms with E-state index >= 15 is 0 Å². The van der Waals surface area contributed by atoms with Gasteiger partial charge in [0.25, 0.3) is 0 Å². The minimum absolute atomic E-state index is 0.0779. The van der Waals surface area contributed by atoms with Crippen LogP contribution >= 0.6 is 0 Å². The van der Waals surface area contributed by atoms with Gasteiger partial charge in [-0.25, -0.2) is 14.1 Å². The zero-order chi connectivity index (χ0) is 27.9. The molecule has 1 N–H and O–H groups in total. The molecule has 1 amide bonds. The molecule has 7 heteroatoms. The number of carbonyl (C=O) groups is 2. The first-order chi connectivity index (χ1) is 18.6. The number of nitrogens with zero attached hydrogens (tertiary/aromatic N) is 3. The maximum Gasteiger partial charge on any atom is 0.511 e. The molecule has 1 aliphatic carbocycles. The second-order valence-corrected chi connectivity index (χ2v) is 11.3. The second kappa shape index (κ2) is 10.5. The third-order valence-corrected chi connectivity index (χ3v) is 8.80. The molecule has 2 heterocycles. The Bertz CT molecular complexity index is 1390. The van der Waals surface area contributed by atoms with Gasteiger partial charge in [0.15, 0.2) is 0 Å². The van der Waals surface area contributed by atoms with Gasteiger partial charge in [-0.1, -0.05) is 24.3 Å². The number of rotatable bonds is 5. The summed E-state index contributed by atoms with van der Waals surface area (Å²) in [5.74, 6) is 0.444. The van der Waals surface area contributed by atoms with Crippen LogP contribution in [0.2, 0.25) is 0 Å². The van der Waals surface area contributed by atoms with Crippen molar-refractivity contribution in [2.45, 2.75) is 65.5 Å². The molecule has 2 unspecified atom stereocenters. The lowest BCUT2D eigenvalue weighted by Gasteiger charge is -2.47. The minimum Gasteiger partial charge on any atom is -0.449 e. The van der Waals surface area contributed by atoms with Gasteiger partial charge in [-0.3, -0.25) is 4.98 Å². The summed E-state index contributed by atoms with van der Waals surface area (Å²) in [5.41, 5.74) is 8.19. The Morgan fingerprint density at radius 2 is 1.59 bits per heavy atom. The molecule has 204 valence electrons. The zero-order valence-corrected chi connectivity index (χ0v) is 23.5. The van der Waals surface area contributed by atoms with Gasteiger partial charge in [-0.2, -0.15) is 0 Å². The van der Waals surface area contributed by atoms with E-state index in [1.165, 1.54) is 5.69 Å². The number of carboxylic acid groups (broad SMARTS) is 1. The molecular formula is C32H38N3O4+. The maximum atomic E-state index is 14.7. The Hall–Kier alpha value is -3.71. The van der Waals surface area contributed by atoms with E-state index in [2.05, 4.69) is 29.1 Å². The molecule has 0 spiro atoms. The summed E-state index contributed by atoms with van der Waals surface area (Å²) >= 11 is 0. The predicted octanol–water partition coefficient (Wildman–Crippen LogP) is 6.32. The Morgan fingerprint density at radius 1 is 0.949 bits per heavy atom. The van der Waals surface area contributed by atoms with Gasteiger partial charge < -0.3 is 14.7 Å². The van der Waals surface area contributed by atoms with Crippen molar-refractivity contribution in [1.29, 1.82) is 0 Å². The molecule has 2 atom stereocenters. The number of carbonyl (C=O) groups excluding carboxylic acids is 1. The molecule has 1 saturated heterocycles. The highest BCUT2D eigenvalue weighted by molar-refractivity contribution is 5.92. The summed E-state index contributed by atoms with van der Waals surface area (Å²) in [6.45, 7) is 9.82. The average Bonchev–Trinajstić information content (AvgIpc) is 3.31. The molecule has 39 heavy (non-hydrogen) atoms. The zero-order valence-electron chi connectivity index (χ0n) is 23.5. The Morgan fingerprint density at radius 3 is 2.21 bits per heavy atom. The van der Waals surface area contributed by atoms with Crippen LogP contribution in [0, 0.1) is 27.7 Å². The first kappa shape index (κ1) is 26.9. The fraction of sp³-hybridized carbons (Fsp3) is 0.406. The quantitative estimate of drug-likeness (QED) is 0.237. The normalized spacial score (nSPS) is 18.9. The van der Waals surface area contributed by atoms with Crippen LogP contribution in [-0.4, -0.2) is 52.8 Å². The summed E-state index contributed by atoms with van der Waals surface area (Å²) in [5, 5.41) is 9.21. The molecular weight excluding hydrogens is 490 g/mol. The van der Waals surface area contributed by atoms with Crippen molar-refractivity contribution in [3.05, 3.63) is 87.7 Å². The fourth-order valence-electron chi connectivity index (χ4n) is 6.89. The van der Waals surface area contributed by atoms with Crippen LogP contribution < -0.4 is 9.64 Å². The van der Waals surface area contributed by atoms with E-state index in [9.17, 15) is 14.7 Å². The molecule has 1 aromatic heterocycles. The van der Waals surface area contributed by atoms with Crippen LogP contribution in [-0.2, 0) is 6.42 Å². The molecule has 5 rings (SSSR count). The van der Waals surface area contributed by atoms with E-state index in [0.717, 1.165) is 78.0 Å². The summed E-state index contributed by atoms with van der Waals surface area (Å²) in [4.78, 5) is 32.9. The Labute approximate surface area is 230 Å². The molecule has 2 aliphatic rings. The number of piperidine rings is 1. The lowest BCUT2D eigenvalue weighted by Crippen LogP contribution is -2.61. The highest BCUT2D eigenvalue weighted by Gasteiger charge is 2.51. The number of anilines is 1. The largest absolute Gasteiger partial charge is 0.511 e. The smallest absolute Gasteiger partial charge is 0.449 e. The number of quaternary nitrogens is 1. The summed E-state index contributed by atoms with van der Waals surface area (Å²) in [7, 11) is 2.11. The Balaban J connectivity index is 1.53. The molecule has 0 saturated carbocycles. The molecule has 1 aliphatic heterocycles. The van der Waals surface area contributed by atoms with Crippen LogP contribution in [0.25, 0.3) is 0 Å². The van der Waals surface area contributed by atoms with Gasteiger partial charge in [0.2, 0.25) is 0 Å². The molecule has 2 aromatic carbocycles. The van der Waals surface area contributed by atoms with Crippen LogP contribution in [0.3, 0.4) is 0 Å². The lowest BCUT2D eigenvalue weighted by molar-refractivity contribution is -0.887. The van der Waals surface area contributed by atoms with Crippen molar-refractivity contribution in [3.63, 3.8) is 0 Å². The van der Waals surface area contributed by atoms with E-state index in [1.807, 2.05) is 58.0 Å². The lowest BCUT2D eigenvalue weighted by atomic mass is 9.91. The minimum atomic E-state index is -1.33. The number of ether oxygens (including phenoxy) is 1. The van der Waals surface area contributed by atoms with E-state index in [0.29, 0.717) is 5.75 Å². The summed E-state index contributed by atoms with van der Waals surface area (Å²) < 4.78 is 5.30. The highest BCUT2D eigenvalue weighted by Crippen LogP contribution is 2.46. The van der Waals surface area contributed by atoms with E-state index in [1.54, 1.807) is 6.07 Å². The molecule has 7 nitrogen and oxygen atoms in total. The predicted molar refractivity (Wildman–Crippen MR) is 152 cm³/mol. The first-order valence-electron chi connectivity index (χ1n) is 13.8. The van der Waals surface area contributed by atoms with Gasteiger partial charge in [-0.15, -0.1) is 0 Å². The van der Waals surface area contributed by atoms with Crippen LogP contribution in [0.15, 0.2) is 48.5 Å². The van der Waals surface area contributed by atoms with Crippen molar-refractivity contribution >= 4 is 17.7 Å². The molecule has 1 fully saturated rings. The fourth-order valence-corrected chi connectivity index (χ4v) is 6.89. The van der Waals surface area contributed by atoms with Crippen molar-refractivity contribution in [3.8, 4) is 5.75 Å². The van der Waals surface area contributed by atoms with E-state index in [4.69, 9.17) is 4.74 Å². The third-order valence-electron chi connectivity index (χ3n) is 8.80. The standard InChI is InChI=1S/C32H37N3O4/c1-20-7-6-8-21(2)30(20)31(36)35(5,29-12-10-24-9-11-27(19-28(24)29)39-32(37)38)26-13-15-34(16-14-26)25-17-22(3)33-23(4)18-25/h6-9,11,17-19,26,29H,10,12-16H2,1-5H3/p+1. The van der Waals surface area contributed by atoms with Crippen molar-refractivity contribution in [2.24, 2.45) is 0 Å². The topological polar surface area (TPSA) is 79.7 Å². The monoisotopic (exact) mass is 528 g/mol. The summed E-state index contributed by atoms with van der Waals surface area (Å²) in [6, 6.07) is 15.9. The SMILES string of the molecule is Cc1cc(N2CCC([N+](C)(C(=O)c3c(C)cccc3C)C3CCc4ccc(OC(=O)O)cc43)CC2)cc(C)n1. The maximum absolute atomic E-state index is 14.7. The molecule has 0 radical (unpaired) electrons.